The maximum Gasteiger partial charge on any atom is 0.133 e. The van der Waals surface area contributed by atoms with Crippen LogP contribution in [0.15, 0.2) is 35.3 Å². The molecule has 81 valence electrons. The lowest BCUT2D eigenvalue weighted by Crippen LogP contribution is -1.98. The molecule has 0 aliphatic carbocycles. The Bertz CT molecular complexity index is 333. The number of benzene rings is 1. The molecule has 0 saturated carbocycles. The van der Waals surface area contributed by atoms with Crippen LogP contribution in [0, 0.1) is 6.92 Å². The molecule has 1 radical (unpaired) electrons. The van der Waals surface area contributed by atoms with Gasteiger partial charge in [-0.05, 0) is 40.9 Å². The Morgan fingerprint density at radius 1 is 1.53 bits per heavy atom. The summed E-state index contributed by atoms with van der Waals surface area (Å²) >= 11 is 3.54. The fourth-order valence-electron chi connectivity index (χ4n) is 1.26. The molecule has 1 nitrogen and oxygen atoms in total. The van der Waals surface area contributed by atoms with Crippen molar-refractivity contribution < 1.29 is 4.74 Å². The monoisotopic (exact) mass is 267 g/mol. The average Bonchev–Trinajstić information content (AvgIpc) is 2.27. The molecule has 0 bridgehead atoms. The number of halogens is 1. The molecular weight excluding hydrogens is 252 g/mol. The van der Waals surface area contributed by atoms with Crippen LogP contribution in [0.3, 0.4) is 0 Å². The van der Waals surface area contributed by atoms with E-state index in [0.29, 0.717) is 0 Å². The minimum absolute atomic E-state index is 0.0875. The van der Waals surface area contributed by atoms with Crippen molar-refractivity contribution in [3.63, 3.8) is 0 Å². The first kappa shape index (κ1) is 12.3. The van der Waals surface area contributed by atoms with Gasteiger partial charge in [0.1, 0.15) is 5.75 Å². The van der Waals surface area contributed by atoms with Crippen molar-refractivity contribution in [2.45, 2.75) is 19.3 Å². The highest BCUT2D eigenvalue weighted by Gasteiger charge is 2.10. The molecule has 1 atom stereocenters. The second kappa shape index (κ2) is 5.96. The van der Waals surface area contributed by atoms with Gasteiger partial charge in [0.2, 0.25) is 0 Å². The largest absolute Gasteiger partial charge is 0.492 e. The van der Waals surface area contributed by atoms with Crippen LogP contribution >= 0.6 is 15.9 Å². The summed E-state index contributed by atoms with van der Waals surface area (Å²) in [6.07, 6.45) is 2.83. The second-order valence-corrected chi connectivity index (χ2v) is 4.14. The van der Waals surface area contributed by atoms with Crippen molar-refractivity contribution in [3.05, 3.63) is 47.8 Å². The molecular formula is C13H16BrO. The van der Waals surface area contributed by atoms with Gasteiger partial charge in [0.15, 0.2) is 0 Å². The molecule has 2 heteroatoms. The lowest BCUT2D eigenvalue weighted by molar-refractivity contribution is 0.315. The molecule has 15 heavy (non-hydrogen) atoms. The zero-order valence-electron chi connectivity index (χ0n) is 9.00. The van der Waals surface area contributed by atoms with Crippen molar-refractivity contribution in [1.29, 1.82) is 0 Å². The molecule has 0 spiro atoms. The van der Waals surface area contributed by atoms with Gasteiger partial charge in [-0.3, -0.25) is 0 Å². The van der Waals surface area contributed by atoms with Crippen molar-refractivity contribution in [2.75, 3.05) is 6.61 Å². The smallest absolute Gasteiger partial charge is 0.133 e. The molecule has 0 aliphatic heterocycles. The molecule has 0 amide bonds. The van der Waals surface area contributed by atoms with Crippen LogP contribution in [0.1, 0.15) is 24.8 Å². The van der Waals surface area contributed by atoms with Crippen molar-refractivity contribution >= 4 is 15.9 Å². The van der Waals surface area contributed by atoms with Crippen molar-refractivity contribution in [2.24, 2.45) is 0 Å². The zero-order chi connectivity index (χ0) is 11.3. The Balaban J connectivity index is 2.94. The maximum absolute atomic E-state index is 5.61. The second-order valence-electron chi connectivity index (χ2n) is 3.35. The van der Waals surface area contributed by atoms with Gasteiger partial charge in [-0.15, -0.1) is 6.58 Å². The van der Waals surface area contributed by atoms with E-state index in [2.05, 4.69) is 36.4 Å². The molecule has 1 rings (SSSR count). The molecule has 0 heterocycles. The van der Waals surface area contributed by atoms with Crippen LogP contribution in [-0.4, -0.2) is 6.61 Å². The van der Waals surface area contributed by atoms with E-state index in [1.165, 1.54) is 0 Å². The van der Waals surface area contributed by atoms with E-state index >= 15 is 0 Å². The van der Waals surface area contributed by atoms with E-state index in [1.54, 1.807) is 0 Å². The van der Waals surface area contributed by atoms with Gasteiger partial charge in [0.25, 0.3) is 0 Å². The van der Waals surface area contributed by atoms with Crippen molar-refractivity contribution in [1.82, 2.24) is 0 Å². The first-order valence-electron chi connectivity index (χ1n) is 5.07. The predicted molar refractivity (Wildman–Crippen MR) is 68.2 cm³/mol. The summed E-state index contributed by atoms with van der Waals surface area (Å²) in [5, 5.41) is 0. The third-order valence-electron chi connectivity index (χ3n) is 2.14. The minimum Gasteiger partial charge on any atom is -0.492 e. The fraction of sp³-hybridized carbons (Fsp3) is 0.308. The molecule has 0 aromatic heterocycles. The van der Waals surface area contributed by atoms with Crippen LogP contribution in [0.4, 0.5) is 0 Å². The predicted octanol–water partition coefficient (Wildman–Crippen LogP) is 4.34. The summed E-state index contributed by atoms with van der Waals surface area (Å²) in [5.41, 5.74) is 1.11. The van der Waals surface area contributed by atoms with Crippen LogP contribution in [-0.2, 0) is 0 Å². The molecule has 1 aromatic rings. The number of allylic oxidation sites excluding steroid dienone is 1. The van der Waals surface area contributed by atoms with Gasteiger partial charge in [-0.2, -0.15) is 0 Å². The summed E-state index contributed by atoms with van der Waals surface area (Å²) < 4.78 is 6.60. The van der Waals surface area contributed by atoms with Gasteiger partial charge >= 0.3 is 0 Å². The number of rotatable bonds is 5. The molecule has 0 aliphatic rings. The Morgan fingerprint density at radius 2 is 2.27 bits per heavy atom. The van der Waals surface area contributed by atoms with Crippen LogP contribution in [0.2, 0.25) is 0 Å². The Hall–Kier alpha value is -0.760. The van der Waals surface area contributed by atoms with Gasteiger partial charge in [0, 0.05) is 5.92 Å². The molecule has 0 N–H and O–H groups in total. The fourth-order valence-corrected chi connectivity index (χ4v) is 1.94. The van der Waals surface area contributed by atoms with Gasteiger partial charge in [-0.1, -0.05) is 25.1 Å². The van der Waals surface area contributed by atoms with E-state index in [4.69, 9.17) is 4.74 Å². The van der Waals surface area contributed by atoms with E-state index < -0.39 is 0 Å². The zero-order valence-corrected chi connectivity index (χ0v) is 10.6. The van der Waals surface area contributed by atoms with Gasteiger partial charge in [-0.25, -0.2) is 0 Å². The highest BCUT2D eigenvalue weighted by molar-refractivity contribution is 9.10. The summed E-state index contributed by atoms with van der Waals surface area (Å²) in [7, 11) is 0. The van der Waals surface area contributed by atoms with E-state index in [0.717, 1.165) is 28.8 Å². The maximum atomic E-state index is 5.61. The highest BCUT2D eigenvalue weighted by Crippen LogP contribution is 2.33. The lowest BCUT2D eigenvalue weighted by atomic mass is 10.0. The minimum atomic E-state index is 0.0875. The van der Waals surface area contributed by atoms with Crippen molar-refractivity contribution in [3.8, 4) is 5.75 Å². The quantitative estimate of drug-likeness (QED) is 0.722. The van der Waals surface area contributed by atoms with Gasteiger partial charge in [0.05, 0.1) is 11.1 Å². The Kier molecular flexibility index (Phi) is 4.89. The summed E-state index contributed by atoms with van der Waals surface area (Å²) in [6.45, 7) is 10.6. The first-order chi connectivity index (χ1) is 7.20. The third kappa shape index (κ3) is 3.10. The number of hydrogen-bond donors (Lipinski definition) is 0. The molecule has 0 fully saturated rings. The first-order valence-corrected chi connectivity index (χ1v) is 5.86. The molecule has 1 aromatic carbocycles. The standard InChI is InChI=1S/C13H16BrO/c1-4-9-15-12-8-6-7-11(13(12)14)10(3)5-2/h5-8,10H,2-4,9H2,1H3. The SMILES string of the molecule is [CH2]C(C=C)c1cccc(OCCC)c1Br. The highest BCUT2D eigenvalue weighted by atomic mass is 79.9. The average molecular weight is 268 g/mol. The Labute approximate surface area is 100 Å². The van der Waals surface area contributed by atoms with E-state index in [9.17, 15) is 0 Å². The van der Waals surface area contributed by atoms with E-state index in [-0.39, 0.29) is 5.92 Å². The van der Waals surface area contributed by atoms with Gasteiger partial charge < -0.3 is 4.74 Å². The molecule has 1 unspecified atom stereocenters. The summed E-state index contributed by atoms with van der Waals surface area (Å²) in [5.74, 6) is 0.967. The third-order valence-corrected chi connectivity index (χ3v) is 2.99. The topological polar surface area (TPSA) is 9.23 Å². The summed E-state index contributed by atoms with van der Waals surface area (Å²) in [4.78, 5) is 0. The van der Waals surface area contributed by atoms with Crippen LogP contribution in [0.25, 0.3) is 0 Å². The lowest BCUT2D eigenvalue weighted by Gasteiger charge is -2.13. The Morgan fingerprint density at radius 3 is 2.87 bits per heavy atom. The number of ether oxygens (including phenoxy) is 1. The van der Waals surface area contributed by atoms with Crippen LogP contribution < -0.4 is 4.74 Å². The van der Waals surface area contributed by atoms with E-state index in [1.807, 2.05) is 24.3 Å². The normalized spacial score (nSPS) is 12.2. The van der Waals surface area contributed by atoms with Crippen LogP contribution in [0.5, 0.6) is 5.75 Å². The molecule has 0 saturated heterocycles. The number of hydrogen-bond acceptors (Lipinski definition) is 1. The summed E-state index contributed by atoms with van der Waals surface area (Å²) in [6, 6.07) is 5.97.